The van der Waals surface area contributed by atoms with Gasteiger partial charge in [-0.2, -0.15) is 0 Å². The molecule has 0 saturated carbocycles. The molecular formula is C14H13N3O3S. The Hall–Kier alpha value is -2.38. The quantitative estimate of drug-likeness (QED) is 0.684. The fourth-order valence-corrected chi connectivity index (χ4v) is 3.12. The van der Waals surface area contributed by atoms with Crippen LogP contribution >= 0.6 is 0 Å². The SMILES string of the molecule is O=S(=O)(NCc1ccnc2[nH]ccc12)c1cccc(O)c1. The molecule has 2 aromatic heterocycles. The lowest BCUT2D eigenvalue weighted by molar-refractivity contribution is 0.473. The van der Waals surface area contributed by atoms with Crippen molar-refractivity contribution in [3.63, 3.8) is 0 Å². The molecule has 0 radical (unpaired) electrons. The molecule has 108 valence electrons. The van der Waals surface area contributed by atoms with Crippen molar-refractivity contribution >= 4 is 21.1 Å². The van der Waals surface area contributed by atoms with Gasteiger partial charge in [-0.15, -0.1) is 0 Å². The number of hydrogen-bond donors (Lipinski definition) is 3. The lowest BCUT2D eigenvalue weighted by Crippen LogP contribution is -2.23. The van der Waals surface area contributed by atoms with Crippen LogP contribution in [0.5, 0.6) is 5.75 Å². The Balaban J connectivity index is 1.85. The minimum Gasteiger partial charge on any atom is -0.508 e. The molecule has 0 bridgehead atoms. The Kier molecular flexibility index (Phi) is 3.36. The van der Waals surface area contributed by atoms with Crippen molar-refractivity contribution in [2.45, 2.75) is 11.4 Å². The lowest BCUT2D eigenvalue weighted by atomic mass is 10.2. The number of nitrogens with zero attached hydrogens (tertiary/aromatic N) is 1. The first-order valence-electron chi connectivity index (χ1n) is 6.26. The maximum atomic E-state index is 12.2. The summed E-state index contributed by atoms with van der Waals surface area (Å²) in [6.07, 6.45) is 3.38. The van der Waals surface area contributed by atoms with Gasteiger partial charge in [-0.1, -0.05) is 6.07 Å². The van der Waals surface area contributed by atoms with E-state index in [4.69, 9.17) is 0 Å². The average Bonchev–Trinajstić information content (AvgIpc) is 2.94. The number of phenols is 1. The zero-order valence-corrected chi connectivity index (χ0v) is 11.8. The third kappa shape index (κ3) is 2.74. The van der Waals surface area contributed by atoms with Crippen molar-refractivity contribution in [1.29, 1.82) is 0 Å². The number of hydrogen-bond acceptors (Lipinski definition) is 4. The van der Waals surface area contributed by atoms with Gasteiger partial charge in [0.15, 0.2) is 0 Å². The third-order valence-corrected chi connectivity index (χ3v) is 4.53. The number of H-pyrrole nitrogens is 1. The van der Waals surface area contributed by atoms with Gasteiger partial charge < -0.3 is 10.1 Å². The third-order valence-electron chi connectivity index (χ3n) is 3.13. The molecule has 2 heterocycles. The highest BCUT2D eigenvalue weighted by atomic mass is 32.2. The molecule has 0 fully saturated rings. The predicted octanol–water partition coefficient (Wildman–Crippen LogP) is 1.75. The Bertz CT molecular complexity index is 887. The summed E-state index contributed by atoms with van der Waals surface area (Å²) < 4.78 is 26.9. The topological polar surface area (TPSA) is 95.1 Å². The molecule has 0 aliphatic carbocycles. The van der Waals surface area contributed by atoms with E-state index in [-0.39, 0.29) is 17.2 Å². The van der Waals surface area contributed by atoms with E-state index in [1.165, 1.54) is 24.3 Å². The number of aromatic hydroxyl groups is 1. The molecule has 3 N–H and O–H groups in total. The maximum Gasteiger partial charge on any atom is 0.241 e. The predicted molar refractivity (Wildman–Crippen MR) is 78.2 cm³/mol. The molecule has 0 spiro atoms. The van der Waals surface area contributed by atoms with Crippen LogP contribution < -0.4 is 4.72 Å². The largest absolute Gasteiger partial charge is 0.508 e. The van der Waals surface area contributed by atoms with E-state index in [9.17, 15) is 13.5 Å². The van der Waals surface area contributed by atoms with Gasteiger partial charge in [0.1, 0.15) is 11.4 Å². The summed E-state index contributed by atoms with van der Waals surface area (Å²) in [5.74, 6) is -0.0881. The molecule has 6 nitrogen and oxygen atoms in total. The summed E-state index contributed by atoms with van der Waals surface area (Å²) in [6, 6.07) is 9.16. The van der Waals surface area contributed by atoms with E-state index in [2.05, 4.69) is 14.7 Å². The van der Waals surface area contributed by atoms with Crippen LogP contribution in [-0.2, 0) is 16.6 Å². The van der Waals surface area contributed by atoms with Crippen molar-refractivity contribution in [2.24, 2.45) is 0 Å². The van der Waals surface area contributed by atoms with Crippen LogP contribution in [0, 0.1) is 0 Å². The van der Waals surface area contributed by atoms with E-state index in [1.54, 1.807) is 18.5 Å². The molecule has 1 aromatic carbocycles. The van der Waals surface area contributed by atoms with Crippen LogP contribution in [0.4, 0.5) is 0 Å². The fraction of sp³-hybridized carbons (Fsp3) is 0.0714. The monoisotopic (exact) mass is 303 g/mol. The van der Waals surface area contributed by atoms with Gasteiger partial charge in [0.25, 0.3) is 0 Å². The van der Waals surface area contributed by atoms with Crippen LogP contribution in [0.3, 0.4) is 0 Å². The first kappa shape index (κ1) is 13.6. The van der Waals surface area contributed by atoms with Gasteiger partial charge in [-0.05, 0) is 35.9 Å². The molecule has 21 heavy (non-hydrogen) atoms. The van der Waals surface area contributed by atoms with Crippen LogP contribution in [0.2, 0.25) is 0 Å². The smallest absolute Gasteiger partial charge is 0.241 e. The standard InChI is InChI=1S/C14H13N3O3S/c18-11-2-1-3-12(8-11)21(19,20)17-9-10-4-6-15-14-13(10)5-7-16-14/h1-8,17-18H,9H2,(H,15,16). The normalized spacial score (nSPS) is 11.8. The zero-order valence-electron chi connectivity index (χ0n) is 10.9. The number of rotatable bonds is 4. The summed E-state index contributed by atoms with van der Waals surface area (Å²) in [5.41, 5.74) is 1.54. The first-order valence-corrected chi connectivity index (χ1v) is 7.74. The van der Waals surface area contributed by atoms with Crippen molar-refractivity contribution in [3.8, 4) is 5.75 Å². The van der Waals surface area contributed by atoms with Crippen LogP contribution in [0.1, 0.15) is 5.56 Å². The minimum atomic E-state index is -3.67. The van der Waals surface area contributed by atoms with Crippen LogP contribution in [0.15, 0.2) is 53.7 Å². The van der Waals surface area contributed by atoms with E-state index in [0.717, 1.165) is 10.9 Å². The summed E-state index contributed by atoms with van der Waals surface area (Å²) in [6.45, 7) is 0.148. The highest BCUT2D eigenvalue weighted by Crippen LogP contribution is 2.18. The first-order chi connectivity index (χ1) is 10.1. The molecule has 0 atom stereocenters. The van der Waals surface area contributed by atoms with Crippen molar-refractivity contribution in [3.05, 3.63) is 54.4 Å². The highest BCUT2D eigenvalue weighted by Gasteiger charge is 2.15. The number of aromatic amines is 1. The number of fused-ring (bicyclic) bond motifs is 1. The molecule has 0 aliphatic heterocycles. The Labute approximate surface area is 121 Å². The fourth-order valence-electron chi connectivity index (χ4n) is 2.08. The summed E-state index contributed by atoms with van der Waals surface area (Å²) in [7, 11) is -3.67. The second-order valence-electron chi connectivity index (χ2n) is 4.53. The van der Waals surface area contributed by atoms with Crippen molar-refractivity contribution in [2.75, 3.05) is 0 Å². The molecule has 0 unspecified atom stereocenters. The number of sulfonamides is 1. The van der Waals surface area contributed by atoms with Gasteiger partial charge in [0.05, 0.1) is 4.90 Å². The van der Waals surface area contributed by atoms with Crippen LogP contribution in [-0.4, -0.2) is 23.5 Å². The van der Waals surface area contributed by atoms with Gasteiger partial charge in [0.2, 0.25) is 10.0 Å². The van der Waals surface area contributed by atoms with Gasteiger partial charge >= 0.3 is 0 Å². The molecular weight excluding hydrogens is 290 g/mol. The molecule has 0 amide bonds. The minimum absolute atomic E-state index is 0.0295. The summed E-state index contributed by atoms with van der Waals surface area (Å²) in [4.78, 5) is 7.15. The van der Waals surface area contributed by atoms with E-state index in [1.807, 2.05) is 6.07 Å². The Morgan fingerprint density at radius 3 is 2.90 bits per heavy atom. The van der Waals surface area contributed by atoms with Gasteiger partial charge in [-0.3, -0.25) is 0 Å². The van der Waals surface area contributed by atoms with E-state index in [0.29, 0.717) is 5.65 Å². The van der Waals surface area contributed by atoms with Crippen molar-refractivity contribution in [1.82, 2.24) is 14.7 Å². The maximum absolute atomic E-state index is 12.2. The van der Waals surface area contributed by atoms with Gasteiger partial charge in [0, 0.05) is 24.3 Å². The Morgan fingerprint density at radius 2 is 2.10 bits per heavy atom. The molecule has 0 aliphatic rings. The summed E-state index contributed by atoms with van der Waals surface area (Å²) in [5, 5.41) is 10.2. The number of benzene rings is 1. The highest BCUT2D eigenvalue weighted by molar-refractivity contribution is 7.89. The van der Waals surface area contributed by atoms with E-state index < -0.39 is 10.0 Å². The van der Waals surface area contributed by atoms with Crippen molar-refractivity contribution < 1.29 is 13.5 Å². The van der Waals surface area contributed by atoms with Crippen LogP contribution in [0.25, 0.3) is 11.0 Å². The second kappa shape index (κ2) is 5.19. The average molecular weight is 303 g/mol. The number of pyridine rings is 1. The number of nitrogens with one attached hydrogen (secondary N) is 2. The summed E-state index contributed by atoms with van der Waals surface area (Å²) >= 11 is 0. The molecule has 0 saturated heterocycles. The number of aromatic nitrogens is 2. The lowest BCUT2D eigenvalue weighted by Gasteiger charge is -2.08. The Morgan fingerprint density at radius 1 is 1.24 bits per heavy atom. The molecule has 7 heteroatoms. The van der Waals surface area contributed by atoms with E-state index >= 15 is 0 Å². The second-order valence-corrected chi connectivity index (χ2v) is 6.30. The number of phenolic OH excluding ortho intramolecular Hbond substituents is 1. The van der Waals surface area contributed by atoms with Gasteiger partial charge in [-0.25, -0.2) is 18.1 Å². The molecule has 3 rings (SSSR count). The zero-order chi connectivity index (χ0) is 14.9. The molecule has 3 aromatic rings.